The van der Waals surface area contributed by atoms with Crippen LogP contribution in [0.1, 0.15) is 22.8 Å². The number of carboxylic acid groups (broad SMARTS) is 1. The summed E-state index contributed by atoms with van der Waals surface area (Å²) in [5.41, 5.74) is 0.609. The Hall–Kier alpha value is -2.45. The molecule has 0 fully saturated rings. The first-order valence-corrected chi connectivity index (χ1v) is 9.21. The zero-order valence-electron chi connectivity index (χ0n) is 13.2. The van der Waals surface area contributed by atoms with Crippen molar-refractivity contribution in [1.82, 2.24) is 4.98 Å². The van der Waals surface area contributed by atoms with Crippen LogP contribution < -0.4 is 5.32 Å². The van der Waals surface area contributed by atoms with Crippen molar-refractivity contribution in [2.75, 3.05) is 11.1 Å². The summed E-state index contributed by atoms with van der Waals surface area (Å²) in [6, 6.07) is 7.09. The van der Waals surface area contributed by atoms with Crippen molar-refractivity contribution in [3.63, 3.8) is 0 Å². The molecule has 2 N–H and O–H groups in total. The highest BCUT2D eigenvalue weighted by molar-refractivity contribution is 7.91. The summed E-state index contributed by atoms with van der Waals surface area (Å²) in [5.74, 6) is -1.81. The van der Waals surface area contributed by atoms with Crippen molar-refractivity contribution >= 4 is 39.0 Å². The van der Waals surface area contributed by atoms with Crippen LogP contribution in [0.25, 0.3) is 0 Å². The van der Waals surface area contributed by atoms with Crippen molar-refractivity contribution in [3.05, 3.63) is 52.7 Å². The zero-order chi connectivity index (χ0) is 18.6. The van der Waals surface area contributed by atoms with Crippen molar-refractivity contribution in [1.29, 1.82) is 0 Å². The fourth-order valence-electron chi connectivity index (χ4n) is 2.20. The molecule has 132 valence electrons. The molecule has 1 aromatic carbocycles. The number of halogens is 1. The van der Waals surface area contributed by atoms with Gasteiger partial charge in [0.1, 0.15) is 0 Å². The molecular formula is C16H15ClN2O5S. The van der Waals surface area contributed by atoms with E-state index in [0.717, 1.165) is 0 Å². The van der Waals surface area contributed by atoms with E-state index in [-0.39, 0.29) is 39.3 Å². The van der Waals surface area contributed by atoms with Gasteiger partial charge in [0.15, 0.2) is 14.9 Å². The van der Waals surface area contributed by atoms with Gasteiger partial charge in [0.25, 0.3) is 0 Å². The molecule has 0 saturated heterocycles. The Morgan fingerprint density at radius 3 is 2.52 bits per heavy atom. The minimum atomic E-state index is -3.74. The predicted molar refractivity (Wildman–Crippen MR) is 92.7 cm³/mol. The Morgan fingerprint density at radius 1 is 1.24 bits per heavy atom. The first kappa shape index (κ1) is 18.9. The largest absolute Gasteiger partial charge is 0.478 e. The average Bonchev–Trinajstić information content (AvgIpc) is 2.53. The molecule has 2 aromatic rings. The number of sulfone groups is 1. The maximum atomic E-state index is 12.4. The Balaban J connectivity index is 2.20. The van der Waals surface area contributed by atoms with Crippen LogP contribution in [0.5, 0.6) is 0 Å². The molecular weight excluding hydrogens is 368 g/mol. The zero-order valence-corrected chi connectivity index (χ0v) is 14.8. The highest BCUT2D eigenvalue weighted by Crippen LogP contribution is 2.22. The molecule has 7 nitrogen and oxygen atoms in total. The molecule has 2 rings (SSSR count). The van der Waals surface area contributed by atoms with Crippen molar-refractivity contribution in [3.8, 4) is 0 Å². The third kappa shape index (κ3) is 4.77. The van der Waals surface area contributed by atoms with Crippen LogP contribution in [-0.4, -0.2) is 36.1 Å². The number of carboxylic acids is 1. The molecule has 0 spiro atoms. The number of benzene rings is 1. The SMILES string of the molecule is CC(=O)Nc1ccc(S(=O)(=O)CCc2c(Cl)cccc2C(=O)O)nc1. The van der Waals surface area contributed by atoms with Gasteiger partial charge in [0, 0.05) is 11.9 Å². The van der Waals surface area contributed by atoms with Crippen LogP contribution in [0.2, 0.25) is 5.02 Å². The van der Waals surface area contributed by atoms with Crippen LogP contribution >= 0.6 is 11.6 Å². The van der Waals surface area contributed by atoms with Crippen molar-refractivity contribution in [2.24, 2.45) is 0 Å². The van der Waals surface area contributed by atoms with Gasteiger partial charge >= 0.3 is 5.97 Å². The van der Waals surface area contributed by atoms with Crippen LogP contribution in [0.15, 0.2) is 41.6 Å². The maximum absolute atomic E-state index is 12.4. The number of aromatic nitrogens is 1. The number of rotatable bonds is 6. The van der Waals surface area contributed by atoms with Gasteiger partial charge in [-0.25, -0.2) is 18.2 Å². The first-order chi connectivity index (χ1) is 11.7. The van der Waals surface area contributed by atoms with E-state index in [0.29, 0.717) is 5.69 Å². The number of anilines is 1. The van der Waals surface area contributed by atoms with Gasteiger partial charge in [-0.1, -0.05) is 17.7 Å². The molecule has 0 saturated carbocycles. The maximum Gasteiger partial charge on any atom is 0.336 e. The second kappa shape index (κ2) is 7.62. The number of hydrogen-bond acceptors (Lipinski definition) is 5. The Bertz CT molecular complexity index is 911. The average molecular weight is 383 g/mol. The third-order valence-electron chi connectivity index (χ3n) is 3.35. The molecule has 1 amide bonds. The molecule has 0 aliphatic rings. The molecule has 1 heterocycles. The van der Waals surface area contributed by atoms with Crippen LogP contribution in [0.4, 0.5) is 5.69 Å². The number of carbonyl (C=O) groups excluding carboxylic acids is 1. The summed E-state index contributed by atoms with van der Waals surface area (Å²) in [4.78, 5) is 26.0. The summed E-state index contributed by atoms with van der Waals surface area (Å²) >= 11 is 6.00. The molecule has 0 aliphatic heterocycles. The number of pyridine rings is 1. The molecule has 0 radical (unpaired) electrons. The number of aromatic carboxylic acids is 1. The lowest BCUT2D eigenvalue weighted by Crippen LogP contribution is -2.14. The van der Waals surface area contributed by atoms with Crippen LogP contribution in [0, 0.1) is 0 Å². The molecule has 9 heteroatoms. The van der Waals surface area contributed by atoms with E-state index < -0.39 is 15.8 Å². The number of amides is 1. The van der Waals surface area contributed by atoms with Crippen LogP contribution in [-0.2, 0) is 21.1 Å². The summed E-state index contributed by atoms with van der Waals surface area (Å²) < 4.78 is 24.8. The molecule has 0 atom stereocenters. The van der Waals surface area contributed by atoms with E-state index in [1.54, 1.807) is 0 Å². The topological polar surface area (TPSA) is 113 Å². The van der Waals surface area contributed by atoms with Gasteiger partial charge in [0.2, 0.25) is 5.91 Å². The summed E-state index contributed by atoms with van der Waals surface area (Å²) in [5, 5.41) is 11.7. The van der Waals surface area contributed by atoms with Gasteiger partial charge in [-0.05, 0) is 36.2 Å². The van der Waals surface area contributed by atoms with Gasteiger partial charge in [-0.2, -0.15) is 0 Å². The third-order valence-corrected chi connectivity index (χ3v) is 5.32. The van der Waals surface area contributed by atoms with Crippen LogP contribution in [0.3, 0.4) is 0 Å². The lowest BCUT2D eigenvalue weighted by Gasteiger charge is -2.09. The quantitative estimate of drug-likeness (QED) is 0.793. The first-order valence-electron chi connectivity index (χ1n) is 7.18. The Kier molecular flexibility index (Phi) is 5.76. The Labute approximate surface area is 149 Å². The fourth-order valence-corrected chi connectivity index (χ4v) is 3.64. The summed E-state index contributed by atoms with van der Waals surface area (Å²) in [6.07, 6.45) is 1.19. The van der Waals surface area contributed by atoms with Crippen molar-refractivity contribution in [2.45, 2.75) is 18.4 Å². The van der Waals surface area contributed by atoms with E-state index in [4.69, 9.17) is 11.6 Å². The van der Waals surface area contributed by atoms with Gasteiger partial charge < -0.3 is 10.4 Å². The van der Waals surface area contributed by atoms with E-state index in [2.05, 4.69) is 10.3 Å². The minimum absolute atomic E-state index is 0.0309. The molecule has 0 aliphatic carbocycles. The molecule has 0 unspecified atom stereocenters. The predicted octanol–water partition coefficient (Wildman–Crippen LogP) is 2.41. The minimum Gasteiger partial charge on any atom is -0.478 e. The Morgan fingerprint density at radius 2 is 1.96 bits per heavy atom. The fraction of sp³-hybridized carbons (Fsp3) is 0.188. The van der Waals surface area contributed by atoms with Crippen molar-refractivity contribution < 1.29 is 23.1 Å². The van der Waals surface area contributed by atoms with Gasteiger partial charge in [0.05, 0.1) is 23.2 Å². The summed E-state index contributed by atoms with van der Waals surface area (Å²) in [6.45, 7) is 1.33. The number of nitrogens with zero attached hydrogens (tertiary/aromatic N) is 1. The standard InChI is InChI=1S/C16H15ClN2O5S/c1-10(20)19-11-5-6-15(18-9-11)25(23,24)8-7-12-13(16(21)22)3-2-4-14(12)17/h2-6,9H,7-8H2,1H3,(H,19,20)(H,21,22). The van der Waals surface area contributed by atoms with E-state index in [1.807, 2.05) is 0 Å². The lowest BCUT2D eigenvalue weighted by molar-refractivity contribution is -0.114. The van der Waals surface area contributed by atoms with E-state index >= 15 is 0 Å². The monoisotopic (exact) mass is 382 g/mol. The smallest absolute Gasteiger partial charge is 0.336 e. The summed E-state index contributed by atoms with van der Waals surface area (Å²) in [7, 11) is -3.74. The number of nitrogens with one attached hydrogen (secondary N) is 1. The van der Waals surface area contributed by atoms with Gasteiger partial charge in [-0.15, -0.1) is 0 Å². The molecule has 1 aromatic heterocycles. The van der Waals surface area contributed by atoms with E-state index in [9.17, 15) is 23.1 Å². The second-order valence-corrected chi connectivity index (χ2v) is 7.67. The van der Waals surface area contributed by atoms with E-state index in [1.165, 1.54) is 43.5 Å². The number of hydrogen-bond donors (Lipinski definition) is 2. The normalized spacial score (nSPS) is 11.1. The highest BCUT2D eigenvalue weighted by Gasteiger charge is 2.20. The molecule has 0 bridgehead atoms. The van der Waals surface area contributed by atoms with Gasteiger partial charge in [-0.3, -0.25) is 4.79 Å². The molecule has 25 heavy (non-hydrogen) atoms. The lowest BCUT2D eigenvalue weighted by atomic mass is 10.1. The highest BCUT2D eigenvalue weighted by atomic mass is 35.5. The second-order valence-electron chi connectivity index (χ2n) is 5.21. The number of carbonyl (C=O) groups is 2.